The summed E-state index contributed by atoms with van der Waals surface area (Å²) in [5.74, 6) is -3.86. The van der Waals surface area contributed by atoms with E-state index >= 15 is 0 Å². The Morgan fingerprint density at radius 2 is 1.34 bits per heavy atom. The number of nitro groups is 2. The van der Waals surface area contributed by atoms with E-state index < -0.39 is 58.3 Å². The van der Waals surface area contributed by atoms with Crippen molar-refractivity contribution in [3.8, 4) is 11.5 Å². The number of amides is 2. The lowest BCUT2D eigenvalue weighted by Crippen LogP contribution is -2.44. The van der Waals surface area contributed by atoms with Crippen molar-refractivity contribution in [3.05, 3.63) is 115 Å². The molecule has 0 bridgehead atoms. The van der Waals surface area contributed by atoms with Gasteiger partial charge in [-0.05, 0) is 84.8 Å². The lowest BCUT2D eigenvalue weighted by Gasteiger charge is -2.21. The third-order valence-corrected chi connectivity index (χ3v) is 11.7. The number of hydrogen-bond donors (Lipinski definition) is 6. The molecule has 0 radical (unpaired) electrons. The molecular formula is C46H40N6O16. The summed E-state index contributed by atoms with van der Waals surface area (Å²) in [6.07, 6.45) is 0.413. The number of aliphatic carboxylic acids is 3. The minimum Gasteiger partial charge on any atom is -0.508 e. The zero-order chi connectivity index (χ0) is 48.7. The second-order valence-electron chi connectivity index (χ2n) is 16.2. The van der Waals surface area contributed by atoms with E-state index in [1.54, 1.807) is 48.5 Å². The minimum atomic E-state index is -1.23. The molecule has 5 aromatic carbocycles. The molecule has 2 atom stereocenters. The smallest absolute Gasteiger partial charge is 0.341 e. The summed E-state index contributed by atoms with van der Waals surface area (Å²) in [4.78, 5) is 84.2. The number of nitrogens with two attached hydrogens (primary N) is 2. The summed E-state index contributed by atoms with van der Waals surface area (Å²) in [7, 11) is 0. The maximum atomic E-state index is 13.3. The number of rotatable bonds is 14. The maximum absolute atomic E-state index is 13.3. The number of phenolic OH excluding ortho intramolecular Hbond substituents is 1. The number of carbonyl (C=O) groups is 5. The van der Waals surface area contributed by atoms with E-state index in [-0.39, 0.29) is 72.9 Å². The van der Waals surface area contributed by atoms with E-state index in [2.05, 4.69) is 0 Å². The predicted molar refractivity (Wildman–Crippen MR) is 242 cm³/mol. The van der Waals surface area contributed by atoms with Crippen LogP contribution in [0.1, 0.15) is 35.1 Å². The Bertz CT molecular complexity index is 3250. The Morgan fingerprint density at radius 1 is 0.706 bits per heavy atom. The van der Waals surface area contributed by atoms with Gasteiger partial charge in [-0.15, -0.1) is 0 Å². The fourth-order valence-electron chi connectivity index (χ4n) is 8.70. The number of fused-ring (bicyclic) bond motifs is 10. The van der Waals surface area contributed by atoms with Gasteiger partial charge in [0.25, 0.3) is 11.4 Å². The quantitative estimate of drug-likeness (QED) is 0.0593. The highest BCUT2D eigenvalue weighted by Gasteiger charge is 2.38. The summed E-state index contributed by atoms with van der Waals surface area (Å²) >= 11 is 0. The fraction of sp³-hybridized carbons (Fsp3) is 0.239. The highest BCUT2D eigenvalue weighted by Crippen LogP contribution is 2.47. The van der Waals surface area contributed by atoms with Crippen molar-refractivity contribution < 1.29 is 67.8 Å². The second kappa shape index (κ2) is 18.3. The first-order chi connectivity index (χ1) is 32.4. The Kier molecular flexibility index (Phi) is 12.4. The molecule has 22 heteroatoms. The Balaban J connectivity index is 0.000000185. The number of anilines is 2. The summed E-state index contributed by atoms with van der Waals surface area (Å²) < 4.78 is 17.1. The first kappa shape index (κ1) is 45.9. The van der Waals surface area contributed by atoms with E-state index in [1.165, 1.54) is 34.1 Å². The molecule has 0 spiro atoms. The molecule has 4 heterocycles. The summed E-state index contributed by atoms with van der Waals surface area (Å²) in [5.41, 5.74) is 15.4. The molecule has 68 heavy (non-hydrogen) atoms. The molecule has 2 amide bonds. The molecule has 0 aliphatic carbocycles. The van der Waals surface area contributed by atoms with Crippen LogP contribution in [0.25, 0.3) is 43.9 Å². The van der Waals surface area contributed by atoms with Gasteiger partial charge in [-0.1, -0.05) is 18.2 Å². The van der Waals surface area contributed by atoms with Crippen molar-refractivity contribution in [1.29, 1.82) is 0 Å². The standard InChI is InChI=1S/C25H21N3O8.C21H19N3O8/c26-18(9-13-1-3-14(29)4-2-13)25(32)27-8-7-16-23-17-10-15(35-12-22(30)31)5-6-20(17)36-21(23)11-19(24(16)27)28(33)34;22-14(21(28)29)2-4-17(25)23-6-5-11-19(23)15(24(30)31)9-13-12-7-10(8-18(26)27)1-3-16(12)32-20(11)13/h1-6,10-11,18,29H,7-9,12,26H2,(H,30,31);1,3,7,9,14H,2,4-6,8,22H2,(H,26,27)(H,28,29). The molecule has 2 aromatic heterocycles. The van der Waals surface area contributed by atoms with Crippen LogP contribution in [-0.2, 0) is 49.7 Å². The van der Waals surface area contributed by atoms with Gasteiger partial charge in [0, 0.05) is 52.7 Å². The van der Waals surface area contributed by atoms with E-state index in [1.807, 2.05) is 0 Å². The van der Waals surface area contributed by atoms with Gasteiger partial charge in [0.2, 0.25) is 11.8 Å². The Hall–Kier alpha value is -8.63. The van der Waals surface area contributed by atoms with Crippen LogP contribution in [0.15, 0.2) is 81.6 Å². The van der Waals surface area contributed by atoms with Gasteiger partial charge in [0.15, 0.2) is 6.61 Å². The number of carbonyl (C=O) groups excluding carboxylic acids is 2. The van der Waals surface area contributed by atoms with E-state index in [0.29, 0.717) is 73.6 Å². The van der Waals surface area contributed by atoms with Crippen LogP contribution in [0.4, 0.5) is 22.7 Å². The zero-order valence-corrected chi connectivity index (χ0v) is 35.6. The fourth-order valence-corrected chi connectivity index (χ4v) is 8.70. The Morgan fingerprint density at radius 3 is 2.01 bits per heavy atom. The summed E-state index contributed by atoms with van der Waals surface area (Å²) in [5, 5.41) is 62.4. The molecule has 22 nitrogen and oxygen atoms in total. The van der Waals surface area contributed by atoms with Crippen LogP contribution in [0.5, 0.6) is 11.5 Å². The molecule has 7 aromatic rings. The number of nitrogens with zero attached hydrogens (tertiary/aromatic N) is 4. The summed E-state index contributed by atoms with van der Waals surface area (Å²) in [6.45, 7) is -0.122. The van der Waals surface area contributed by atoms with Gasteiger partial charge < -0.3 is 55.3 Å². The van der Waals surface area contributed by atoms with Gasteiger partial charge in [-0.25, -0.2) is 4.79 Å². The molecule has 9 rings (SSSR count). The number of nitro benzene ring substituents is 2. The molecule has 2 aliphatic heterocycles. The summed E-state index contributed by atoms with van der Waals surface area (Å²) in [6, 6.07) is 16.5. The highest BCUT2D eigenvalue weighted by atomic mass is 16.6. The van der Waals surface area contributed by atoms with Crippen molar-refractivity contribution >= 4 is 96.3 Å². The number of phenols is 1. The number of carboxylic acids is 3. The average molecular weight is 933 g/mol. The number of ether oxygens (including phenoxy) is 1. The van der Waals surface area contributed by atoms with E-state index in [4.69, 9.17) is 40.4 Å². The highest BCUT2D eigenvalue weighted by molar-refractivity contribution is 6.14. The monoisotopic (exact) mass is 932 g/mol. The van der Waals surface area contributed by atoms with Gasteiger partial charge in [0.1, 0.15) is 51.2 Å². The topological polar surface area (TPSA) is 347 Å². The van der Waals surface area contributed by atoms with Crippen LogP contribution in [-0.4, -0.2) is 91.8 Å². The first-order valence-corrected chi connectivity index (χ1v) is 20.9. The van der Waals surface area contributed by atoms with Crippen molar-refractivity contribution in [2.45, 2.75) is 50.6 Å². The normalized spacial score (nSPS) is 13.8. The molecule has 8 N–H and O–H groups in total. The molecule has 0 saturated carbocycles. The van der Waals surface area contributed by atoms with Gasteiger partial charge >= 0.3 is 17.9 Å². The van der Waals surface area contributed by atoms with Gasteiger partial charge in [0.05, 0.1) is 28.4 Å². The second-order valence-corrected chi connectivity index (χ2v) is 16.2. The molecule has 2 aliphatic rings. The van der Waals surface area contributed by atoms with Crippen LogP contribution in [0.2, 0.25) is 0 Å². The van der Waals surface area contributed by atoms with Crippen LogP contribution in [0, 0.1) is 20.2 Å². The van der Waals surface area contributed by atoms with Crippen LogP contribution in [0.3, 0.4) is 0 Å². The Labute approximate surface area is 381 Å². The van der Waals surface area contributed by atoms with Crippen molar-refractivity contribution in [2.24, 2.45) is 11.5 Å². The molecule has 2 unspecified atom stereocenters. The van der Waals surface area contributed by atoms with Crippen molar-refractivity contribution in [3.63, 3.8) is 0 Å². The SMILES string of the molecule is NC(CCC(=O)N1CCc2c1c([N+](=O)[O-])cc1c2oc2ccc(CC(=O)O)cc21)C(=O)O.NC(Cc1ccc(O)cc1)C(=O)N1CCc2c1c([N+](=O)[O-])cc1oc3ccc(OCC(=O)O)cc3c21. The predicted octanol–water partition coefficient (Wildman–Crippen LogP) is 5.32. The zero-order valence-electron chi connectivity index (χ0n) is 35.6. The van der Waals surface area contributed by atoms with Crippen molar-refractivity contribution in [1.82, 2.24) is 0 Å². The van der Waals surface area contributed by atoms with Crippen LogP contribution < -0.4 is 26.0 Å². The third-order valence-electron chi connectivity index (χ3n) is 11.7. The van der Waals surface area contributed by atoms with Gasteiger partial charge in [-0.2, -0.15) is 0 Å². The lowest BCUT2D eigenvalue weighted by molar-refractivity contribution is -0.384. The number of hydrogen-bond acceptors (Lipinski definition) is 15. The molecule has 0 fully saturated rings. The van der Waals surface area contributed by atoms with E-state index in [0.717, 1.165) is 5.56 Å². The van der Waals surface area contributed by atoms with Crippen molar-refractivity contribution in [2.75, 3.05) is 29.5 Å². The lowest BCUT2D eigenvalue weighted by atomic mass is 10.0. The molecule has 350 valence electrons. The van der Waals surface area contributed by atoms with E-state index in [9.17, 15) is 49.3 Å². The minimum absolute atomic E-state index is 0.0902. The van der Waals surface area contributed by atoms with Gasteiger partial charge in [-0.3, -0.25) is 39.4 Å². The average Bonchev–Trinajstić information content (AvgIpc) is 4.10. The maximum Gasteiger partial charge on any atom is 0.341 e. The third kappa shape index (κ3) is 8.87. The van der Waals surface area contributed by atoms with Crippen LogP contribution >= 0.6 is 0 Å². The molecule has 0 saturated heterocycles. The number of benzene rings is 5. The number of aromatic hydroxyl groups is 1. The first-order valence-electron chi connectivity index (χ1n) is 20.9. The largest absolute Gasteiger partial charge is 0.508 e. The number of furan rings is 2. The number of carboxylic acid groups (broad SMARTS) is 3. The molecular weight excluding hydrogens is 893 g/mol.